The van der Waals surface area contributed by atoms with Crippen molar-refractivity contribution in [1.82, 2.24) is 10.0 Å². The summed E-state index contributed by atoms with van der Waals surface area (Å²) in [6.07, 6.45) is 5.50. The number of pyridine rings is 1. The number of halogens is 1. The first kappa shape index (κ1) is 25.6. The van der Waals surface area contributed by atoms with Gasteiger partial charge in [0, 0.05) is 27.7 Å². The van der Waals surface area contributed by atoms with Crippen LogP contribution in [0.15, 0.2) is 60.8 Å². The van der Waals surface area contributed by atoms with E-state index in [0.29, 0.717) is 17.1 Å². The number of hydroxylamine groups is 2. The lowest BCUT2D eigenvalue weighted by molar-refractivity contribution is -0.290. The second-order valence-electron chi connectivity index (χ2n) is 11.2. The zero-order valence-electron chi connectivity index (χ0n) is 21.4. The third kappa shape index (κ3) is 5.69. The molecule has 1 atom stereocenters. The number of hydrogen-bond acceptors (Lipinski definition) is 4. The van der Waals surface area contributed by atoms with Gasteiger partial charge in [0.1, 0.15) is 0 Å². The van der Waals surface area contributed by atoms with Crippen molar-refractivity contribution in [3.63, 3.8) is 0 Å². The number of hydrogen-bond donors (Lipinski definition) is 1. The van der Waals surface area contributed by atoms with Crippen LogP contribution in [0.5, 0.6) is 0 Å². The van der Waals surface area contributed by atoms with E-state index < -0.39 is 5.41 Å². The molecule has 1 saturated heterocycles. The van der Waals surface area contributed by atoms with Gasteiger partial charge in [-0.2, -0.15) is 5.06 Å². The molecule has 35 heavy (non-hydrogen) atoms. The third-order valence-corrected chi connectivity index (χ3v) is 7.34. The summed E-state index contributed by atoms with van der Waals surface area (Å²) in [6, 6.07) is 17.4. The number of amides is 1. The number of benzene rings is 2. The topological polar surface area (TPSA) is 54.5 Å². The number of para-hydroxylation sites is 1. The first-order chi connectivity index (χ1) is 16.5. The van der Waals surface area contributed by atoms with E-state index in [1.165, 1.54) is 0 Å². The molecule has 186 valence electrons. The van der Waals surface area contributed by atoms with Crippen LogP contribution in [-0.4, -0.2) is 33.6 Å². The Balaban J connectivity index is 1.64. The van der Waals surface area contributed by atoms with Crippen molar-refractivity contribution in [1.29, 1.82) is 0 Å². The van der Waals surface area contributed by atoms with E-state index in [0.717, 1.165) is 35.7 Å². The van der Waals surface area contributed by atoms with Gasteiger partial charge in [-0.15, -0.1) is 0 Å². The lowest BCUT2D eigenvalue weighted by Gasteiger charge is -2.52. The van der Waals surface area contributed by atoms with Gasteiger partial charge in [0.05, 0.1) is 23.2 Å². The molecule has 1 aromatic heterocycles. The summed E-state index contributed by atoms with van der Waals surface area (Å²) >= 11 is 6.27. The molecule has 0 bridgehead atoms. The quantitative estimate of drug-likeness (QED) is 0.383. The molecule has 6 heteroatoms. The van der Waals surface area contributed by atoms with Gasteiger partial charge in [0.25, 0.3) is 0 Å². The minimum atomic E-state index is -0.842. The highest BCUT2D eigenvalue weighted by Crippen LogP contribution is 2.39. The van der Waals surface area contributed by atoms with Crippen molar-refractivity contribution < 1.29 is 9.63 Å². The molecule has 0 aliphatic carbocycles. The third-order valence-electron chi connectivity index (χ3n) is 7.10. The number of piperidine rings is 1. The van der Waals surface area contributed by atoms with Crippen molar-refractivity contribution >= 4 is 34.1 Å². The average molecular weight is 494 g/mol. The maximum absolute atomic E-state index is 13.9. The lowest BCUT2D eigenvalue weighted by Crippen LogP contribution is -2.59. The van der Waals surface area contributed by atoms with Crippen molar-refractivity contribution in [3.8, 4) is 0 Å². The fourth-order valence-corrected chi connectivity index (χ4v) is 5.52. The predicted octanol–water partition coefficient (Wildman–Crippen LogP) is 7.05. The fourth-order valence-electron chi connectivity index (χ4n) is 5.31. The molecule has 3 aromatic rings. The SMILES string of the molecule is CC(CON1C(C)(C)CCCC1(C)C)(Cc1cccc(Cl)c1)C(=O)Nc1cccc2cccnc12. The number of nitrogens with one attached hydrogen (secondary N) is 1. The number of rotatable bonds is 7. The molecule has 1 aliphatic heterocycles. The van der Waals surface area contributed by atoms with Crippen LogP contribution in [0.2, 0.25) is 5.02 Å². The summed E-state index contributed by atoms with van der Waals surface area (Å²) in [5, 5.41) is 6.91. The molecule has 0 spiro atoms. The van der Waals surface area contributed by atoms with Crippen LogP contribution in [0.4, 0.5) is 5.69 Å². The van der Waals surface area contributed by atoms with Gasteiger partial charge in [-0.05, 0) is 90.1 Å². The monoisotopic (exact) mass is 493 g/mol. The highest BCUT2D eigenvalue weighted by atomic mass is 35.5. The number of nitrogens with zero attached hydrogens (tertiary/aromatic N) is 2. The van der Waals surface area contributed by atoms with E-state index >= 15 is 0 Å². The van der Waals surface area contributed by atoms with E-state index in [2.05, 4.69) is 43.1 Å². The van der Waals surface area contributed by atoms with Crippen LogP contribution in [0, 0.1) is 5.41 Å². The molecule has 4 rings (SSSR count). The van der Waals surface area contributed by atoms with Gasteiger partial charge in [-0.3, -0.25) is 14.6 Å². The Morgan fingerprint density at radius 1 is 1.09 bits per heavy atom. The van der Waals surface area contributed by atoms with Crippen LogP contribution in [0.3, 0.4) is 0 Å². The molecular weight excluding hydrogens is 458 g/mol. The number of carbonyl (C=O) groups is 1. The fraction of sp³-hybridized carbons (Fsp3) is 0.448. The van der Waals surface area contributed by atoms with Gasteiger partial charge in [0.2, 0.25) is 5.91 Å². The second kappa shape index (κ2) is 9.88. The minimum absolute atomic E-state index is 0.108. The second-order valence-corrected chi connectivity index (χ2v) is 11.7. The Kier molecular flexibility index (Phi) is 7.23. The van der Waals surface area contributed by atoms with E-state index in [4.69, 9.17) is 16.4 Å². The molecule has 1 unspecified atom stereocenters. The normalized spacial score (nSPS) is 19.3. The Morgan fingerprint density at radius 2 is 1.77 bits per heavy atom. The largest absolute Gasteiger partial charge is 0.324 e. The van der Waals surface area contributed by atoms with Crippen LogP contribution in [0.25, 0.3) is 10.9 Å². The molecule has 1 amide bonds. The van der Waals surface area contributed by atoms with Crippen LogP contribution in [-0.2, 0) is 16.1 Å². The molecule has 0 radical (unpaired) electrons. The number of fused-ring (bicyclic) bond motifs is 1. The van der Waals surface area contributed by atoms with Crippen LogP contribution in [0.1, 0.15) is 59.4 Å². The van der Waals surface area contributed by atoms with Gasteiger partial charge in [0.15, 0.2) is 0 Å². The molecule has 1 N–H and O–H groups in total. The Bertz CT molecular complexity index is 1190. The van der Waals surface area contributed by atoms with Crippen molar-refractivity contribution in [2.75, 3.05) is 11.9 Å². The summed E-state index contributed by atoms with van der Waals surface area (Å²) in [7, 11) is 0. The molecule has 2 heterocycles. The summed E-state index contributed by atoms with van der Waals surface area (Å²) in [4.78, 5) is 24.9. The number of anilines is 1. The lowest BCUT2D eigenvalue weighted by atomic mass is 9.81. The minimum Gasteiger partial charge on any atom is -0.324 e. The molecule has 0 saturated carbocycles. The molecular formula is C29H36ClN3O2. The summed E-state index contributed by atoms with van der Waals surface area (Å²) < 4.78 is 0. The standard InChI is InChI=1S/C29H36ClN3O2/c1-27(2)15-9-16-28(3,4)33(27)35-20-29(5,19-21-10-6-13-23(30)18-21)26(34)32-24-14-7-11-22-12-8-17-31-25(22)24/h6-8,10-14,17-18H,9,15-16,19-20H2,1-5H3,(H,32,34). The Labute approximate surface area is 213 Å². The van der Waals surface area contributed by atoms with E-state index in [1.54, 1.807) is 6.20 Å². The molecule has 1 fully saturated rings. The van der Waals surface area contributed by atoms with E-state index in [1.807, 2.05) is 61.5 Å². The molecule has 2 aromatic carbocycles. The van der Waals surface area contributed by atoms with Crippen molar-refractivity contribution in [3.05, 3.63) is 71.4 Å². The van der Waals surface area contributed by atoms with Crippen molar-refractivity contribution in [2.45, 2.75) is 71.4 Å². The highest BCUT2D eigenvalue weighted by molar-refractivity contribution is 6.30. The van der Waals surface area contributed by atoms with Crippen molar-refractivity contribution in [2.24, 2.45) is 5.41 Å². The first-order valence-corrected chi connectivity index (χ1v) is 12.7. The van der Waals surface area contributed by atoms with Gasteiger partial charge in [-0.1, -0.05) is 41.9 Å². The van der Waals surface area contributed by atoms with Gasteiger partial charge >= 0.3 is 0 Å². The van der Waals surface area contributed by atoms with E-state index in [9.17, 15) is 4.79 Å². The summed E-state index contributed by atoms with van der Waals surface area (Å²) in [5.41, 5.74) is 1.39. The first-order valence-electron chi connectivity index (χ1n) is 12.3. The number of carbonyl (C=O) groups excluding carboxylic acids is 1. The van der Waals surface area contributed by atoms with Gasteiger partial charge < -0.3 is 5.32 Å². The smallest absolute Gasteiger partial charge is 0.233 e. The highest BCUT2D eigenvalue weighted by Gasteiger charge is 2.44. The average Bonchev–Trinajstić information content (AvgIpc) is 2.78. The Morgan fingerprint density at radius 3 is 2.49 bits per heavy atom. The predicted molar refractivity (Wildman–Crippen MR) is 143 cm³/mol. The van der Waals surface area contributed by atoms with Gasteiger partial charge in [-0.25, -0.2) is 0 Å². The van der Waals surface area contributed by atoms with E-state index in [-0.39, 0.29) is 23.6 Å². The molecule has 1 aliphatic rings. The maximum atomic E-state index is 13.9. The summed E-state index contributed by atoms with van der Waals surface area (Å²) in [5.74, 6) is -0.108. The summed E-state index contributed by atoms with van der Waals surface area (Å²) in [6.45, 7) is 11.1. The maximum Gasteiger partial charge on any atom is 0.233 e. The zero-order chi connectivity index (χ0) is 25.3. The number of aromatic nitrogens is 1. The molecule has 5 nitrogen and oxygen atoms in total. The zero-order valence-corrected chi connectivity index (χ0v) is 22.2. The van der Waals surface area contributed by atoms with Crippen LogP contribution < -0.4 is 5.32 Å². The van der Waals surface area contributed by atoms with Crippen LogP contribution >= 0.6 is 11.6 Å². The Hall–Kier alpha value is -2.47.